The highest BCUT2D eigenvalue weighted by Gasteiger charge is 2.51. The minimum absolute atomic E-state index is 0.0107. The fourth-order valence-electron chi connectivity index (χ4n) is 6.59. The first kappa shape index (κ1) is 28.3. The number of hydrogen-bond donors (Lipinski definition) is 0. The van der Waals surface area contributed by atoms with Crippen molar-refractivity contribution in [3.05, 3.63) is 82.9 Å². The SMILES string of the molecule is CO[C@H](C)Cn1c(CN2CCN(c3cccc4c3OC(C)(c3ccc(C#N)cc3F)O4)C3CC32)nc2ccc(C(C)=O)cc21. The summed E-state index contributed by atoms with van der Waals surface area (Å²) in [4.78, 5) is 22.0. The van der Waals surface area contributed by atoms with Gasteiger partial charge in [-0.15, -0.1) is 0 Å². The Labute approximate surface area is 255 Å². The van der Waals surface area contributed by atoms with E-state index in [1.54, 1.807) is 33.1 Å². The number of nitrogens with zero attached hydrogens (tertiary/aromatic N) is 5. The summed E-state index contributed by atoms with van der Waals surface area (Å²) in [5.74, 6) is 0.277. The molecule has 3 aliphatic rings. The molecule has 226 valence electrons. The summed E-state index contributed by atoms with van der Waals surface area (Å²) >= 11 is 0. The number of halogens is 1. The van der Waals surface area contributed by atoms with Crippen molar-refractivity contribution < 1.29 is 23.4 Å². The van der Waals surface area contributed by atoms with Gasteiger partial charge in [0.2, 0.25) is 0 Å². The van der Waals surface area contributed by atoms with Gasteiger partial charge in [0, 0.05) is 44.8 Å². The predicted octanol–water partition coefficient (Wildman–Crippen LogP) is 5.39. The number of anilines is 1. The van der Waals surface area contributed by atoms with Crippen molar-refractivity contribution >= 4 is 22.5 Å². The molecule has 1 aliphatic carbocycles. The molecule has 1 aromatic heterocycles. The minimum atomic E-state index is -1.35. The van der Waals surface area contributed by atoms with Crippen LogP contribution in [0.4, 0.5) is 10.1 Å². The Hall–Kier alpha value is -4.46. The van der Waals surface area contributed by atoms with Gasteiger partial charge < -0.3 is 23.7 Å². The van der Waals surface area contributed by atoms with E-state index in [2.05, 4.69) is 14.4 Å². The number of nitriles is 1. The fraction of sp³-hybridized carbons (Fsp3) is 0.382. The first-order chi connectivity index (χ1) is 21.2. The molecule has 0 spiro atoms. The third kappa shape index (κ3) is 4.77. The van der Waals surface area contributed by atoms with Gasteiger partial charge in [-0.25, -0.2) is 9.37 Å². The van der Waals surface area contributed by atoms with Gasteiger partial charge in [-0.1, -0.05) is 6.07 Å². The molecule has 3 aromatic carbocycles. The Balaban J connectivity index is 1.12. The highest BCUT2D eigenvalue weighted by Crippen LogP contribution is 2.52. The Morgan fingerprint density at radius 3 is 2.77 bits per heavy atom. The van der Waals surface area contributed by atoms with Crippen molar-refractivity contribution in [2.45, 2.75) is 64.3 Å². The number of rotatable bonds is 8. The number of benzene rings is 3. The van der Waals surface area contributed by atoms with E-state index in [1.165, 1.54) is 6.07 Å². The molecule has 3 heterocycles. The van der Waals surface area contributed by atoms with Crippen LogP contribution < -0.4 is 14.4 Å². The normalized spacial score (nSPS) is 23.0. The summed E-state index contributed by atoms with van der Waals surface area (Å²) in [7, 11) is 1.71. The zero-order valence-electron chi connectivity index (χ0n) is 25.2. The minimum Gasteiger partial charge on any atom is -0.444 e. The molecular formula is C34H34FN5O4. The van der Waals surface area contributed by atoms with Gasteiger partial charge in [0.15, 0.2) is 17.3 Å². The van der Waals surface area contributed by atoms with E-state index >= 15 is 0 Å². The number of ether oxygens (including phenoxy) is 3. The molecule has 0 amide bonds. The van der Waals surface area contributed by atoms with Crippen LogP contribution in [-0.2, 0) is 23.6 Å². The molecule has 1 saturated carbocycles. The van der Waals surface area contributed by atoms with Crippen molar-refractivity contribution in [1.82, 2.24) is 14.5 Å². The molecule has 10 heteroatoms. The zero-order valence-corrected chi connectivity index (χ0v) is 25.2. The smallest absolute Gasteiger partial charge is 0.278 e. The lowest BCUT2D eigenvalue weighted by molar-refractivity contribution is -0.0705. The first-order valence-corrected chi connectivity index (χ1v) is 14.9. The van der Waals surface area contributed by atoms with E-state index in [4.69, 9.17) is 24.5 Å². The molecule has 3 unspecified atom stereocenters. The van der Waals surface area contributed by atoms with Gasteiger partial charge in [-0.05, 0) is 68.8 Å². The summed E-state index contributed by atoms with van der Waals surface area (Å²) in [5, 5.41) is 9.15. The molecule has 0 N–H and O–H groups in total. The van der Waals surface area contributed by atoms with E-state index in [-0.39, 0.29) is 23.0 Å². The Morgan fingerprint density at radius 1 is 1.18 bits per heavy atom. The van der Waals surface area contributed by atoms with E-state index in [1.807, 2.05) is 49.4 Å². The lowest BCUT2D eigenvalue weighted by Crippen LogP contribution is -2.46. The third-order valence-electron chi connectivity index (χ3n) is 9.10. The number of methoxy groups -OCH3 is 1. The number of fused-ring (bicyclic) bond motifs is 3. The maximum Gasteiger partial charge on any atom is 0.278 e. The molecule has 7 rings (SSSR count). The summed E-state index contributed by atoms with van der Waals surface area (Å²) in [6.07, 6.45) is 0.999. The number of aromatic nitrogens is 2. The number of imidazole rings is 1. The van der Waals surface area contributed by atoms with Gasteiger partial charge in [-0.3, -0.25) is 9.69 Å². The molecular weight excluding hydrogens is 561 g/mol. The Bertz CT molecular complexity index is 1830. The van der Waals surface area contributed by atoms with Gasteiger partial charge in [0.1, 0.15) is 11.6 Å². The molecule has 2 aliphatic heterocycles. The van der Waals surface area contributed by atoms with Crippen molar-refractivity contribution in [3.63, 3.8) is 0 Å². The zero-order chi connectivity index (χ0) is 30.7. The van der Waals surface area contributed by atoms with E-state index < -0.39 is 11.6 Å². The van der Waals surface area contributed by atoms with Crippen LogP contribution in [0.5, 0.6) is 11.5 Å². The van der Waals surface area contributed by atoms with Crippen molar-refractivity contribution in [3.8, 4) is 17.6 Å². The lowest BCUT2D eigenvalue weighted by Gasteiger charge is -2.36. The van der Waals surface area contributed by atoms with Gasteiger partial charge in [0.25, 0.3) is 5.79 Å². The van der Waals surface area contributed by atoms with Crippen LogP contribution in [0.15, 0.2) is 54.6 Å². The van der Waals surface area contributed by atoms with Crippen molar-refractivity contribution in [2.24, 2.45) is 0 Å². The van der Waals surface area contributed by atoms with Gasteiger partial charge in [0.05, 0.1) is 53.1 Å². The second-order valence-electron chi connectivity index (χ2n) is 12.0. The highest BCUT2D eigenvalue weighted by molar-refractivity contribution is 5.97. The van der Waals surface area contributed by atoms with Crippen LogP contribution in [0.2, 0.25) is 0 Å². The number of Topliss-reactive ketones (excluding diaryl/α,β-unsaturated/α-hetero) is 1. The van der Waals surface area contributed by atoms with Crippen LogP contribution in [0, 0.1) is 17.1 Å². The molecule has 9 nitrogen and oxygen atoms in total. The summed E-state index contributed by atoms with van der Waals surface area (Å²) < 4.78 is 35.4. The summed E-state index contributed by atoms with van der Waals surface area (Å²) in [6, 6.07) is 18.5. The van der Waals surface area contributed by atoms with Crippen molar-refractivity contribution in [1.29, 1.82) is 5.26 Å². The third-order valence-corrected chi connectivity index (χ3v) is 9.10. The molecule has 1 saturated heterocycles. The number of para-hydroxylation sites is 1. The molecule has 4 aromatic rings. The van der Waals surface area contributed by atoms with E-state index in [0.717, 1.165) is 42.1 Å². The average Bonchev–Trinajstić information content (AvgIpc) is 3.65. The molecule has 44 heavy (non-hydrogen) atoms. The topological polar surface area (TPSA) is 92.8 Å². The second kappa shape index (κ2) is 10.6. The first-order valence-electron chi connectivity index (χ1n) is 14.9. The molecule has 0 radical (unpaired) electrons. The van der Waals surface area contributed by atoms with Crippen LogP contribution in [-0.4, -0.2) is 58.6 Å². The quantitative estimate of drug-likeness (QED) is 0.251. The predicted molar refractivity (Wildman–Crippen MR) is 162 cm³/mol. The lowest BCUT2D eigenvalue weighted by atomic mass is 10.0. The summed E-state index contributed by atoms with van der Waals surface area (Å²) in [6.45, 7) is 8.27. The van der Waals surface area contributed by atoms with Crippen LogP contribution in [0.1, 0.15) is 54.5 Å². The van der Waals surface area contributed by atoms with Crippen molar-refractivity contribution in [2.75, 3.05) is 25.1 Å². The highest BCUT2D eigenvalue weighted by atomic mass is 19.1. The van der Waals surface area contributed by atoms with Gasteiger partial charge >= 0.3 is 0 Å². The Kier molecular flexibility index (Phi) is 6.83. The number of piperazine rings is 1. The molecule has 2 fully saturated rings. The maximum absolute atomic E-state index is 15.0. The summed E-state index contributed by atoms with van der Waals surface area (Å²) in [5.41, 5.74) is 3.91. The van der Waals surface area contributed by atoms with Crippen LogP contribution >= 0.6 is 0 Å². The monoisotopic (exact) mass is 595 g/mol. The van der Waals surface area contributed by atoms with E-state index in [0.29, 0.717) is 42.2 Å². The Morgan fingerprint density at radius 2 is 2.02 bits per heavy atom. The maximum atomic E-state index is 15.0. The average molecular weight is 596 g/mol. The molecule has 0 bridgehead atoms. The fourth-order valence-corrected chi connectivity index (χ4v) is 6.59. The molecule has 4 atom stereocenters. The number of hydrogen-bond acceptors (Lipinski definition) is 8. The number of carbonyl (C=O) groups excluding carboxylic acids is 1. The van der Waals surface area contributed by atoms with Gasteiger partial charge in [-0.2, -0.15) is 5.26 Å². The second-order valence-corrected chi connectivity index (χ2v) is 12.0. The number of ketones is 1. The number of carbonyl (C=O) groups is 1. The van der Waals surface area contributed by atoms with E-state index in [9.17, 15) is 9.18 Å². The standard InChI is InChI=1S/C34H34FN5O4/c1-20(42-4)18-40-28-15-23(21(2)41)9-11-26(28)37-32(40)19-38-12-13-39(30-16-29(30)38)27-6-5-7-31-33(27)44-34(3,43-31)24-10-8-22(17-36)14-25(24)35/h5-11,14-15,20,29-30H,12-13,16,18-19H2,1-4H3/t20-,29?,30?,34?/m1/s1. The largest absolute Gasteiger partial charge is 0.444 e. The van der Waals surface area contributed by atoms with Crippen LogP contribution in [0.3, 0.4) is 0 Å². The van der Waals surface area contributed by atoms with Crippen LogP contribution in [0.25, 0.3) is 11.0 Å².